The van der Waals surface area contributed by atoms with E-state index in [1.165, 1.54) is 31.4 Å². The van der Waals surface area contributed by atoms with Crippen LogP contribution >= 0.6 is 0 Å². The van der Waals surface area contributed by atoms with Gasteiger partial charge in [-0.2, -0.15) is 5.10 Å². The molecule has 126 valence electrons. The van der Waals surface area contributed by atoms with Crippen molar-refractivity contribution < 1.29 is 9.18 Å². The summed E-state index contributed by atoms with van der Waals surface area (Å²) in [4.78, 5) is 12.5. The van der Waals surface area contributed by atoms with Crippen molar-refractivity contribution in [2.45, 2.75) is 50.5 Å². The molecule has 2 aromatic rings. The number of anilines is 1. The van der Waals surface area contributed by atoms with Gasteiger partial charge in [-0.05, 0) is 42.9 Å². The minimum atomic E-state index is -0.242. The third-order valence-corrected chi connectivity index (χ3v) is 5.25. The molecule has 0 spiro atoms. The quantitative estimate of drug-likeness (QED) is 0.911. The monoisotopic (exact) mass is 327 g/mol. The van der Waals surface area contributed by atoms with Crippen LogP contribution in [0.3, 0.4) is 0 Å². The molecule has 4 nitrogen and oxygen atoms in total. The minimum absolute atomic E-state index is 0.0156. The number of carbonyl (C=O) groups excluding carboxylic acids is 1. The molecule has 4 rings (SSSR count). The van der Waals surface area contributed by atoms with Crippen LogP contribution in [-0.2, 0) is 4.79 Å². The highest BCUT2D eigenvalue weighted by Crippen LogP contribution is 2.48. The van der Waals surface area contributed by atoms with E-state index in [0.29, 0.717) is 6.04 Å². The standard InChI is InChI=1S/C19H22FN3O/c20-14-6-4-5-13(11-14)16-12-17(16)19(24)22-18-9-10-21-23(18)15-7-2-1-3-8-15/h4-6,9-11,15-17H,1-3,7-8,12H2,(H,22,24)/t16-,17-/m0/s1. The molecule has 2 aliphatic carbocycles. The number of amides is 1. The highest BCUT2D eigenvalue weighted by atomic mass is 19.1. The van der Waals surface area contributed by atoms with Crippen LogP contribution in [0.5, 0.6) is 0 Å². The summed E-state index contributed by atoms with van der Waals surface area (Å²) in [5.74, 6) is 0.626. The molecule has 1 N–H and O–H groups in total. The maximum Gasteiger partial charge on any atom is 0.229 e. The highest BCUT2D eigenvalue weighted by molar-refractivity contribution is 5.94. The van der Waals surface area contributed by atoms with Crippen molar-refractivity contribution in [1.29, 1.82) is 0 Å². The second-order valence-electron chi connectivity index (χ2n) is 6.95. The molecule has 2 saturated carbocycles. The van der Waals surface area contributed by atoms with Gasteiger partial charge in [-0.15, -0.1) is 0 Å². The van der Waals surface area contributed by atoms with Crippen LogP contribution in [0.25, 0.3) is 0 Å². The van der Waals surface area contributed by atoms with E-state index in [2.05, 4.69) is 10.4 Å². The Morgan fingerprint density at radius 2 is 2.04 bits per heavy atom. The van der Waals surface area contributed by atoms with Crippen LogP contribution < -0.4 is 5.32 Å². The smallest absolute Gasteiger partial charge is 0.229 e. The van der Waals surface area contributed by atoms with Crippen LogP contribution in [0, 0.1) is 11.7 Å². The number of nitrogens with zero attached hydrogens (tertiary/aromatic N) is 2. The number of benzene rings is 1. The summed E-state index contributed by atoms with van der Waals surface area (Å²) in [7, 11) is 0. The van der Waals surface area contributed by atoms with Crippen LogP contribution in [0.2, 0.25) is 0 Å². The van der Waals surface area contributed by atoms with E-state index in [1.807, 2.05) is 16.8 Å². The number of carbonyl (C=O) groups is 1. The average Bonchev–Trinajstić information content (AvgIpc) is 3.28. The first kappa shape index (κ1) is 15.4. The number of rotatable bonds is 4. The molecule has 1 aromatic carbocycles. The van der Waals surface area contributed by atoms with Gasteiger partial charge in [-0.3, -0.25) is 4.79 Å². The summed E-state index contributed by atoms with van der Waals surface area (Å²) >= 11 is 0. The summed E-state index contributed by atoms with van der Waals surface area (Å²) in [6.07, 6.45) is 8.52. The second-order valence-corrected chi connectivity index (χ2v) is 6.95. The van der Waals surface area contributed by atoms with Gasteiger partial charge in [0.05, 0.1) is 12.2 Å². The van der Waals surface area contributed by atoms with Crippen LogP contribution in [0.15, 0.2) is 36.5 Å². The van der Waals surface area contributed by atoms with E-state index in [9.17, 15) is 9.18 Å². The first-order valence-corrected chi connectivity index (χ1v) is 8.82. The summed E-state index contributed by atoms with van der Waals surface area (Å²) in [5.41, 5.74) is 0.913. The third-order valence-electron chi connectivity index (χ3n) is 5.25. The Labute approximate surface area is 141 Å². The first-order chi connectivity index (χ1) is 11.7. The van der Waals surface area contributed by atoms with Crippen molar-refractivity contribution in [2.24, 2.45) is 5.92 Å². The molecule has 2 atom stereocenters. The van der Waals surface area contributed by atoms with Gasteiger partial charge in [0.2, 0.25) is 5.91 Å². The molecule has 2 aliphatic rings. The van der Waals surface area contributed by atoms with E-state index in [-0.39, 0.29) is 23.6 Å². The molecule has 0 unspecified atom stereocenters. The van der Waals surface area contributed by atoms with Gasteiger partial charge in [0.15, 0.2) is 0 Å². The molecule has 24 heavy (non-hydrogen) atoms. The van der Waals surface area contributed by atoms with Crippen molar-refractivity contribution in [3.8, 4) is 0 Å². The van der Waals surface area contributed by atoms with Gasteiger partial charge >= 0.3 is 0 Å². The molecule has 0 radical (unpaired) electrons. The lowest BCUT2D eigenvalue weighted by atomic mass is 9.96. The molecule has 5 heteroatoms. The Bertz CT molecular complexity index is 736. The van der Waals surface area contributed by atoms with Gasteiger partial charge in [0, 0.05) is 12.0 Å². The van der Waals surface area contributed by atoms with Crippen molar-refractivity contribution in [2.75, 3.05) is 5.32 Å². The summed E-state index contributed by atoms with van der Waals surface area (Å²) in [6, 6.07) is 8.82. The number of aromatic nitrogens is 2. The van der Waals surface area contributed by atoms with E-state index in [4.69, 9.17) is 0 Å². The third kappa shape index (κ3) is 3.07. The molecule has 1 aromatic heterocycles. The maximum absolute atomic E-state index is 13.3. The molecule has 1 amide bonds. The molecular formula is C19H22FN3O. The van der Waals surface area contributed by atoms with Crippen molar-refractivity contribution in [3.63, 3.8) is 0 Å². The van der Waals surface area contributed by atoms with Gasteiger partial charge in [-0.25, -0.2) is 9.07 Å². The topological polar surface area (TPSA) is 46.9 Å². The van der Waals surface area contributed by atoms with E-state index < -0.39 is 0 Å². The number of halogens is 1. The number of hydrogen-bond donors (Lipinski definition) is 1. The fourth-order valence-electron chi connectivity index (χ4n) is 3.84. The van der Waals surface area contributed by atoms with Crippen LogP contribution in [0.4, 0.5) is 10.2 Å². The zero-order chi connectivity index (χ0) is 16.5. The SMILES string of the molecule is O=C(Nc1ccnn1C1CCCCC1)[C@H]1C[C@H]1c1cccc(F)c1. The minimum Gasteiger partial charge on any atom is -0.311 e. The van der Waals surface area contributed by atoms with E-state index >= 15 is 0 Å². The van der Waals surface area contributed by atoms with Crippen molar-refractivity contribution >= 4 is 11.7 Å². The maximum atomic E-state index is 13.3. The lowest BCUT2D eigenvalue weighted by Gasteiger charge is -2.23. The lowest BCUT2D eigenvalue weighted by molar-refractivity contribution is -0.117. The normalized spacial score (nSPS) is 23.9. The molecule has 0 bridgehead atoms. The van der Waals surface area contributed by atoms with E-state index in [0.717, 1.165) is 30.6 Å². The van der Waals surface area contributed by atoms with Gasteiger partial charge < -0.3 is 5.32 Å². The Morgan fingerprint density at radius 1 is 1.21 bits per heavy atom. The lowest BCUT2D eigenvalue weighted by Crippen LogP contribution is -2.21. The van der Waals surface area contributed by atoms with Gasteiger partial charge in [0.1, 0.15) is 11.6 Å². The molecule has 0 saturated heterocycles. The van der Waals surface area contributed by atoms with Crippen molar-refractivity contribution in [3.05, 3.63) is 47.9 Å². The molecule has 0 aliphatic heterocycles. The second kappa shape index (κ2) is 6.38. The van der Waals surface area contributed by atoms with Gasteiger partial charge in [0.25, 0.3) is 0 Å². The predicted molar refractivity (Wildman–Crippen MR) is 90.2 cm³/mol. The Hall–Kier alpha value is -2.17. The van der Waals surface area contributed by atoms with E-state index in [1.54, 1.807) is 12.3 Å². The zero-order valence-electron chi connectivity index (χ0n) is 13.6. The number of hydrogen-bond acceptors (Lipinski definition) is 2. The first-order valence-electron chi connectivity index (χ1n) is 8.82. The Morgan fingerprint density at radius 3 is 2.83 bits per heavy atom. The van der Waals surface area contributed by atoms with Crippen LogP contribution in [-0.4, -0.2) is 15.7 Å². The van der Waals surface area contributed by atoms with Gasteiger partial charge in [-0.1, -0.05) is 31.4 Å². The predicted octanol–water partition coefficient (Wildman–Crippen LogP) is 4.27. The Balaban J connectivity index is 1.42. The highest BCUT2D eigenvalue weighted by Gasteiger charge is 2.44. The Kier molecular flexibility index (Phi) is 4.08. The average molecular weight is 327 g/mol. The molecular weight excluding hydrogens is 305 g/mol. The van der Waals surface area contributed by atoms with Crippen LogP contribution in [0.1, 0.15) is 56.0 Å². The van der Waals surface area contributed by atoms with Crippen molar-refractivity contribution in [1.82, 2.24) is 9.78 Å². The summed E-state index contributed by atoms with van der Waals surface area (Å²) in [5, 5.41) is 7.45. The fraction of sp³-hybridized carbons (Fsp3) is 0.474. The zero-order valence-corrected chi connectivity index (χ0v) is 13.6. The fourth-order valence-corrected chi connectivity index (χ4v) is 3.84. The summed E-state index contributed by atoms with van der Waals surface area (Å²) in [6.45, 7) is 0. The molecule has 2 fully saturated rings. The largest absolute Gasteiger partial charge is 0.311 e. The summed E-state index contributed by atoms with van der Waals surface area (Å²) < 4.78 is 15.3. The number of nitrogens with one attached hydrogen (secondary N) is 1. The molecule has 1 heterocycles.